The Morgan fingerprint density at radius 1 is 1.41 bits per heavy atom. The van der Waals surface area contributed by atoms with Crippen LogP contribution in [0.15, 0.2) is 28.7 Å². The van der Waals surface area contributed by atoms with Crippen LogP contribution in [-0.4, -0.2) is 36.0 Å². The van der Waals surface area contributed by atoms with Crippen LogP contribution in [0.4, 0.5) is 0 Å². The Kier molecular flexibility index (Phi) is 2.71. The van der Waals surface area contributed by atoms with Crippen molar-refractivity contribution in [2.24, 2.45) is 0 Å². The summed E-state index contributed by atoms with van der Waals surface area (Å²) < 4.78 is 0.958. The molecule has 1 aliphatic heterocycles. The van der Waals surface area contributed by atoms with Crippen LogP contribution in [-0.2, 0) is 0 Å². The van der Waals surface area contributed by atoms with Crippen molar-refractivity contribution in [3.05, 3.63) is 34.3 Å². The zero-order valence-corrected chi connectivity index (χ0v) is 11.2. The molecule has 2 aliphatic rings. The molecule has 2 fully saturated rings. The Morgan fingerprint density at radius 2 is 2.24 bits per heavy atom. The second-order valence-corrected chi connectivity index (χ2v) is 5.86. The molecule has 0 atom stereocenters. The number of carbonyl (C=O) groups is 1. The fourth-order valence-corrected chi connectivity index (χ4v) is 2.82. The number of hydrogen-bond acceptors (Lipinski definition) is 2. The predicted molar refractivity (Wildman–Crippen MR) is 70.0 cm³/mol. The van der Waals surface area contributed by atoms with Crippen LogP contribution in [0, 0.1) is 0 Å². The normalized spacial score (nSPS) is 21.6. The smallest absolute Gasteiger partial charge is 0.253 e. The summed E-state index contributed by atoms with van der Waals surface area (Å²) in [7, 11) is 0. The molecule has 0 aromatic heterocycles. The fourth-order valence-electron chi connectivity index (χ4n) is 2.42. The molecule has 0 radical (unpaired) electrons. The van der Waals surface area contributed by atoms with Crippen LogP contribution < -0.4 is 5.32 Å². The van der Waals surface area contributed by atoms with E-state index < -0.39 is 0 Å². The van der Waals surface area contributed by atoms with Gasteiger partial charge in [-0.25, -0.2) is 0 Å². The molecule has 1 N–H and O–H groups in total. The second-order valence-electron chi connectivity index (χ2n) is 4.94. The summed E-state index contributed by atoms with van der Waals surface area (Å²) in [5, 5.41) is 3.51. The van der Waals surface area contributed by atoms with E-state index in [9.17, 15) is 4.79 Å². The summed E-state index contributed by atoms with van der Waals surface area (Å²) in [5.74, 6) is 0.152. The van der Waals surface area contributed by atoms with Crippen LogP contribution in [0.5, 0.6) is 0 Å². The summed E-state index contributed by atoms with van der Waals surface area (Å²) in [6.45, 7) is 2.59. The average molecular weight is 295 g/mol. The molecule has 1 spiro atoms. The van der Waals surface area contributed by atoms with Gasteiger partial charge in [0.05, 0.1) is 0 Å². The predicted octanol–water partition coefficient (Wildman–Crippen LogP) is 2.03. The van der Waals surface area contributed by atoms with Crippen molar-refractivity contribution in [1.29, 1.82) is 0 Å². The number of amides is 1. The van der Waals surface area contributed by atoms with Gasteiger partial charge in [0.15, 0.2) is 0 Å². The molecule has 0 bridgehead atoms. The van der Waals surface area contributed by atoms with Gasteiger partial charge >= 0.3 is 0 Å². The molecule has 0 unspecified atom stereocenters. The highest BCUT2D eigenvalue weighted by Gasteiger charge is 2.46. The molecule has 1 amide bonds. The molecule has 1 heterocycles. The maximum atomic E-state index is 12.3. The van der Waals surface area contributed by atoms with Crippen molar-refractivity contribution in [3.8, 4) is 0 Å². The minimum Gasteiger partial charge on any atom is -0.336 e. The van der Waals surface area contributed by atoms with Crippen LogP contribution in [0.1, 0.15) is 23.2 Å². The van der Waals surface area contributed by atoms with Crippen molar-refractivity contribution < 1.29 is 4.79 Å². The Labute approximate surface area is 109 Å². The monoisotopic (exact) mass is 294 g/mol. The first-order chi connectivity index (χ1) is 8.19. The van der Waals surface area contributed by atoms with E-state index in [1.165, 1.54) is 12.8 Å². The second kappa shape index (κ2) is 4.10. The maximum absolute atomic E-state index is 12.3. The highest BCUT2D eigenvalue weighted by atomic mass is 79.9. The van der Waals surface area contributed by atoms with Gasteiger partial charge in [0.2, 0.25) is 0 Å². The van der Waals surface area contributed by atoms with Crippen molar-refractivity contribution in [1.82, 2.24) is 10.2 Å². The Hall–Kier alpha value is -0.870. The van der Waals surface area contributed by atoms with E-state index >= 15 is 0 Å². The van der Waals surface area contributed by atoms with Gasteiger partial charge < -0.3 is 10.2 Å². The van der Waals surface area contributed by atoms with E-state index in [4.69, 9.17) is 0 Å². The first kappa shape index (κ1) is 11.2. The van der Waals surface area contributed by atoms with E-state index in [2.05, 4.69) is 21.2 Å². The molecular formula is C13H15BrN2O. The van der Waals surface area contributed by atoms with Crippen LogP contribution in [0.25, 0.3) is 0 Å². The Morgan fingerprint density at radius 3 is 2.94 bits per heavy atom. The van der Waals surface area contributed by atoms with Gasteiger partial charge in [0.1, 0.15) is 0 Å². The largest absolute Gasteiger partial charge is 0.336 e. The lowest BCUT2D eigenvalue weighted by Crippen LogP contribution is -2.54. The zero-order chi connectivity index (χ0) is 11.9. The van der Waals surface area contributed by atoms with Gasteiger partial charge in [-0.05, 0) is 31.0 Å². The number of nitrogens with one attached hydrogen (secondary N) is 1. The Bertz CT molecular complexity index is 456. The van der Waals surface area contributed by atoms with E-state index in [0.29, 0.717) is 0 Å². The van der Waals surface area contributed by atoms with Crippen molar-refractivity contribution in [2.45, 2.75) is 18.4 Å². The minimum absolute atomic E-state index is 0.152. The van der Waals surface area contributed by atoms with Crippen LogP contribution in [0.3, 0.4) is 0 Å². The molecule has 1 aromatic carbocycles. The summed E-state index contributed by atoms with van der Waals surface area (Å²) >= 11 is 3.41. The minimum atomic E-state index is 0.152. The number of hydrogen-bond donors (Lipinski definition) is 1. The quantitative estimate of drug-likeness (QED) is 0.860. The number of halogens is 1. The summed E-state index contributed by atoms with van der Waals surface area (Å²) in [5.41, 5.74) is 1.02. The average Bonchev–Trinajstić information content (AvgIpc) is 3.07. The van der Waals surface area contributed by atoms with Gasteiger partial charge in [-0.3, -0.25) is 4.79 Å². The molecule has 1 aromatic rings. The van der Waals surface area contributed by atoms with E-state index in [0.717, 1.165) is 29.7 Å². The zero-order valence-electron chi connectivity index (χ0n) is 9.58. The molecule has 1 saturated heterocycles. The van der Waals surface area contributed by atoms with Crippen LogP contribution in [0.2, 0.25) is 0 Å². The molecule has 17 heavy (non-hydrogen) atoms. The lowest BCUT2D eigenvalue weighted by molar-refractivity contribution is 0.0691. The van der Waals surface area contributed by atoms with Gasteiger partial charge in [-0.15, -0.1) is 0 Å². The lowest BCUT2D eigenvalue weighted by Gasteiger charge is -2.34. The van der Waals surface area contributed by atoms with Gasteiger partial charge in [-0.1, -0.05) is 22.0 Å². The van der Waals surface area contributed by atoms with Crippen molar-refractivity contribution in [2.75, 3.05) is 19.6 Å². The third-order valence-electron chi connectivity index (χ3n) is 3.59. The molecule has 3 nitrogen and oxygen atoms in total. The molecule has 1 aliphatic carbocycles. The first-order valence-electron chi connectivity index (χ1n) is 5.98. The topological polar surface area (TPSA) is 32.3 Å². The first-order valence-corrected chi connectivity index (χ1v) is 6.78. The summed E-state index contributed by atoms with van der Waals surface area (Å²) in [6.07, 6.45) is 2.41. The third-order valence-corrected chi connectivity index (χ3v) is 4.08. The van der Waals surface area contributed by atoms with Crippen molar-refractivity contribution in [3.63, 3.8) is 0 Å². The van der Waals surface area contributed by atoms with E-state index in [1.807, 2.05) is 29.2 Å². The van der Waals surface area contributed by atoms with Gasteiger partial charge in [-0.2, -0.15) is 0 Å². The molecular weight excluding hydrogens is 280 g/mol. The highest BCUT2D eigenvalue weighted by Crippen LogP contribution is 2.37. The number of carbonyl (C=O) groups excluding carboxylic acids is 1. The number of nitrogens with zero attached hydrogens (tertiary/aromatic N) is 1. The molecule has 90 valence electrons. The van der Waals surface area contributed by atoms with Gasteiger partial charge in [0, 0.05) is 35.2 Å². The lowest BCUT2D eigenvalue weighted by atomic mass is 10.1. The SMILES string of the molecule is O=C(c1cccc(Br)c1)N1CCNC2(CC2)C1. The maximum Gasteiger partial charge on any atom is 0.253 e. The number of rotatable bonds is 1. The third kappa shape index (κ3) is 2.24. The summed E-state index contributed by atoms with van der Waals surface area (Å²) in [6, 6.07) is 7.63. The fraction of sp³-hybridized carbons (Fsp3) is 0.462. The van der Waals surface area contributed by atoms with Gasteiger partial charge in [0.25, 0.3) is 5.91 Å². The highest BCUT2D eigenvalue weighted by molar-refractivity contribution is 9.10. The molecule has 3 rings (SSSR count). The number of benzene rings is 1. The standard InChI is InChI=1S/C13H15BrN2O/c14-11-3-1-2-10(8-11)12(17)16-7-6-15-13(9-16)4-5-13/h1-3,8,15H,4-7,9H2. The van der Waals surface area contributed by atoms with Crippen molar-refractivity contribution >= 4 is 21.8 Å². The van der Waals surface area contributed by atoms with E-state index in [1.54, 1.807) is 0 Å². The molecule has 1 saturated carbocycles. The summed E-state index contributed by atoms with van der Waals surface area (Å²) in [4.78, 5) is 14.3. The van der Waals surface area contributed by atoms with Crippen LogP contribution >= 0.6 is 15.9 Å². The van der Waals surface area contributed by atoms with E-state index in [-0.39, 0.29) is 11.4 Å². The Balaban J connectivity index is 1.77. The number of piperazine rings is 1. The molecule has 4 heteroatoms.